The smallest absolute Gasteiger partial charge is 0.335 e. The number of barbiturate groups is 1. The van der Waals surface area contributed by atoms with Gasteiger partial charge in [0.05, 0.1) is 27.0 Å². The second-order valence-electron chi connectivity index (χ2n) is 5.72. The van der Waals surface area contributed by atoms with E-state index < -0.39 is 17.8 Å². The minimum atomic E-state index is -0.808. The molecule has 28 heavy (non-hydrogen) atoms. The van der Waals surface area contributed by atoms with Crippen LogP contribution in [0, 0.1) is 0 Å². The van der Waals surface area contributed by atoms with E-state index in [9.17, 15) is 14.4 Å². The van der Waals surface area contributed by atoms with Crippen LogP contribution < -0.4 is 24.4 Å². The third kappa shape index (κ3) is 3.27. The van der Waals surface area contributed by atoms with E-state index in [-0.39, 0.29) is 11.3 Å². The van der Waals surface area contributed by atoms with Gasteiger partial charge in [-0.15, -0.1) is 0 Å². The van der Waals surface area contributed by atoms with E-state index in [2.05, 4.69) is 5.32 Å². The summed E-state index contributed by atoms with van der Waals surface area (Å²) in [6.45, 7) is 0. The third-order valence-electron chi connectivity index (χ3n) is 4.15. The Morgan fingerprint density at radius 3 is 2.14 bits per heavy atom. The topological polar surface area (TPSA) is 94.2 Å². The number of urea groups is 1. The van der Waals surface area contributed by atoms with Crippen LogP contribution in [0.5, 0.6) is 17.2 Å². The third-order valence-corrected chi connectivity index (χ3v) is 4.15. The molecule has 1 aliphatic heterocycles. The van der Waals surface area contributed by atoms with Crippen molar-refractivity contribution >= 4 is 29.6 Å². The number of rotatable bonds is 5. The molecule has 1 heterocycles. The van der Waals surface area contributed by atoms with Crippen molar-refractivity contribution in [3.8, 4) is 17.2 Å². The predicted octanol–water partition coefficient (Wildman–Crippen LogP) is 2.38. The lowest BCUT2D eigenvalue weighted by Gasteiger charge is -2.26. The standard InChI is InChI=1S/C20H18N2O6/c1-26-15-10-9-12(16(27-2)17(15)28-3)11-14-18(23)21-20(25)22(19(14)24)13-7-5-4-6-8-13/h4-11H,1-3H3,(H,21,23,25). The lowest BCUT2D eigenvalue weighted by molar-refractivity contribution is -0.122. The van der Waals surface area contributed by atoms with Gasteiger partial charge in [0.2, 0.25) is 5.75 Å². The van der Waals surface area contributed by atoms with E-state index in [1.165, 1.54) is 27.4 Å². The van der Waals surface area contributed by atoms with Crippen molar-refractivity contribution in [1.29, 1.82) is 0 Å². The minimum absolute atomic E-state index is 0.214. The molecule has 0 spiro atoms. The number of carbonyl (C=O) groups excluding carboxylic acids is 3. The normalized spacial score (nSPS) is 15.5. The molecule has 1 N–H and O–H groups in total. The van der Waals surface area contributed by atoms with E-state index in [4.69, 9.17) is 14.2 Å². The van der Waals surface area contributed by atoms with Gasteiger partial charge in [-0.25, -0.2) is 9.69 Å². The average Bonchev–Trinajstić information content (AvgIpc) is 2.70. The first-order valence-corrected chi connectivity index (χ1v) is 8.27. The monoisotopic (exact) mass is 382 g/mol. The van der Waals surface area contributed by atoms with Gasteiger partial charge in [0.1, 0.15) is 5.57 Å². The first-order chi connectivity index (χ1) is 13.5. The molecule has 0 radical (unpaired) electrons. The van der Waals surface area contributed by atoms with Crippen LogP contribution >= 0.6 is 0 Å². The number of anilines is 1. The van der Waals surface area contributed by atoms with Crippen molar-refractivity contribution < 1.29 is 28.6 Å². The summed E-state index contributed by atoms with van der Waals surface area (Å²) < 4.78 is 15.9. The molecule has 0 unspecified atom stereocenters. The molecular weight excluding hydrogens is 364 g/mol. The van der Waals surface area contributed by atoms with Crippen molar-refractivity contribution in [3.05, 3.63) is 53.6 Å². The lowest BCUT2D eigenvalue weighted by Crippen LogP contribution is -2.54. The second kappa shape index (κ2) is 7.83. The molecule has 2 aromatic carbocycles. The Labute approximate surface area is 161 Å². The molecule has 4 amide bonds. The van der Waals surface area contributed by atoms with Gasteiger partial charge in [-0.05, 0) is 30.3 Å². The molecule has 144 valence electrons. The molecule has 2 aromatic rings. The minimum Gasteiger partial charge on any atom is -0.493 e. The number of nitrogens with zero attached hydrogens (tertiary/aromatic N) is 1. The fourth-order valence-corrected chi connectivity index (χ4v) is 2.86. The molecule has 1 aliphatic rings. The van der Waals surface area contributed by atoms with Crippen molar-refractivity contribution in [3.63, 3.8) is 0 Å². The molecule has 0 bridgehead atoms. The highest BCUT2D eigenvalue weighted by molar-refractivity contribution is 6.39. The SMILES string of the molecule is COc1ccc(C=C2C(=O)NC(=O)N(c3ccccc3)C2=O)c(OC)c1OC. The molecular formula is C20H18N2O6. The molecule has 0 aromatic heterocycles. The van der Waals surface area contributed by atoms with Crippen molar-refractivity contribution in [2.75, 3.05) is 26.2 Å². The summed E-state index contributed by atoms with van der Waals surface area (Å²) in [7, 11) is 4.37. The molecule has 0 atom stereocenters. The van der Waals surface area contributed by atoms with E-state index in [0.717, 1.165) is 4.90 Å². The maximum Gasteiger partial charge on any atom is 0.335 e. The first-order valence-electron chi connectivity index (χ1n) is 8.27. The van der Waals surface area contributed by atoms with Crippen LogP contribution in [0.15, 0.2) is 48.0 Å². The maximum absolute atomic E-state index is 12.9. The Morgan fingerprint density at radius 2 is 1.54 bits per heavy atom. The quantitative estimate of drug-likeness (QED) is 0.630. The number of carbonyl (C=O) groups is 3. The molecule has 0 aliphatic carbocycles. The Balaban J connectivity index is 2.09. The van der Waals surface area contributed by atoms with Gasteiger partial charge in [-0.2, -0.15) is 0 Å². The van der Waals surface area contributed by atoms with E-state index in [1.54, 1.807) is 42.5 Å². The number of para-hydroxylation sites is 1. The van der Waals surface area contributed by atoms with Gasteiger partial charge in [0.25, 0.3) is 11.8 Å². The van der Waals surface area contributed by atoms with Crippen molar-refractivity contribution in [2.45, 2.75) is 0 Å². The first kappa shape index (κ1) is 19.0. The summed E-state index contributed by atoms with van der Waals surface area (Å²) in [4.78, 5) is 38.3. The maximum atomic E-state index is 12.9. The highest BCUT2D eigenvalue weighted by Crippen LogP contribution is 2.40. The van der Waals surface area contributed by atoms with Crippen LogP contribution in [0.2, 0.25) is 0 Å². The van der Waals surface area contributed by atoms with Crippen molar-refractivity contribution in [1.82, 2.24) is 5.32 Å². The number of imide groups is 2. The molecule has 0 saturated carbocycles. The number of ether oxygens (including phenoxy) is 3. The Bertz CT molecular complexity index is 968. The number of nitrogens with one attached hydrogen (secondary N) is 1. The number of hydrogen-bond donors (Lipinski definition) is 1. The summed E-state index contributed by atoms with van der Waals surface area (Å²) in [5.74, 6) is -0.491. The highest BCUT2D eigenvalue weighted by Gasteiger charge is 2.37. The number of methoxy groups -OCH3 is 3. The van der Waals surface area contributed by atoms with Crippen molar-refractivity contribution in [2.24, 2.45) is 0 Å². The van der Waals surface area contributed by atoms with Crippen LogP contribution in [-0.2, 0) is 9.59 Å². The fraction of sp³-hybridized carbons (Fsp3) is 0.150. The molecule has 8 nitrogen and oxygen atoms in total. The van der Waals surface area contributed by atoms with Gasteiger partial charge in [0, 0.05) is 5.56 Å². The fourth-order valence-electron chi connectivity index (χ4n) is 2.86. The predicted molar refractivity (Wildman–Crippen MR) is 102 cm³/mol. The summed E-state index contributed by atoms with van der Waals surface area (Å²) in [6.07, 6.45) is 1.35. The average molecular weight is 382 g/mol. The summed E-state index contributed by atoms with van der Waals surface area (Å²) >= 11 is 0. The summed E-state index contributed by atoms with van der Waals surface area (Å²) in [5, 5.41) is 2.18. The van der Waals surface area contributed by atoms with Gasteiger partial charge < -0.3 is 14.2 Å². The molecule has 3 rings (SSSR count). The Kier molecular flexibility index (Phi) is 5.30. The van der Waals surface area contributed by atoms with Crippen LogP contribution in [-0.4, -0.2) is 39.2 Å². The summed E-state index contributed by atoms with van der Waals surface area (Å²) in [6, 6.07) is 10.8. The Morgan fingerprint density at radius 1 is 0.857 bits per heavy atom. The van der Waals surface area contributed by atoms with E-state index in [0.29, 0.717) is 22.7 Å². The molecule has 1 fully saturated rings. The number of amides is 4. The molecule has 8 heteroatoms. The van der Waals surface area contributed by atoms with Crippen LogP contribution in [0.4, 0.5) is 10.5 Å². The van der Waals surface area contributed by atoms with E-state index >= 15 is 0 Å². The van der Waals surface area contributed by atoms with Gasteiger partial charge >= 0.3 is 6.03 Å². The Hall–Kier alpha value is -3.81. The lowest BCUT2D eigenvalue weighted by atomic mass is 10.1. The molecule has 1 saturated heterocycles. The highest BCUT2D eigenvalue weighted by atomic mass is 16.5. The number of benzene rings is 2. The van der Waals surface area contributed by atoms with Crippen LogP contribution in [0.25, 0.3) is 6.08 Å². The zero-order chi connectivity index (χ0) is 20.3. The second-order valence-corrected chi connectivity index (χ2v) is 5.72. The zero-order valence-electron chi connectivity index (χ0n) is 15.5. The largest absolute Gasteiger partial charge is 0.493 e. The van der Waals surface area contributed by atoms with E-state index in [1.807, 2.05) is 0 Å². The van der Waals surface area contributed by atoms with Crippen LogP contribution in [0.3, 0.4) is 0 Å². The van der Waals surface area contributed by atoms with Gasteiger partial charge in [0.15, 0.2) is 11.5 Å². The van der Waals surface area contributed by atoms with Gasteiger partial charge in [-0.3, -0.25) is 14.9 Å². The number of hydrogen-bond acceptors (Lipinski definition) is 6. The zero-order valence-corrected chi connectivity index (χ0v) is 15.5. The summed E-state index contributed by atoms with van der Waals surface area (Å²) in [5.41, 5.74) is 0.553. The van der Waals surface area contributed by atoms with Crippen LogP contribution in [0.1, 0.15) is 5.56 Å². The van der Waals surface area contributed by atoms with Gasteiger partial charge in [-0.1, -0.05) is 18.2 Å².